The molecule has 5 nitrogen and oxygen atoms in total. The zero-order valence-electron chi connectivity index (χ0n) is 21.1. The molecule has 0 aliphatic heterocycles. The maximum absolute atomic E-state index is 11.9. The van der Waals surface area contributed by atoms with E-state index in [4.69, 9.17) is 9.47 Å². The molecule has 0 spiro atoms. The molecule has 0 amide bonds. The van der Waals surface area contributed by atoms with Crippen LogP contribution in [0.2, 0.25) is 0 Å². The molecule has 184 valence electrons. The monoisotopic (exact) mass is 474 g/mol. The minimum absolute atomic E-state index is 0.0156. The summed E-state index contributed by atoms with van der Waals surface area (Å²) in [5.74, 6) is -1.29. The van der Waals surface area contributed by atoms with E-state index in [1.807, 2.05) is 30.3 Å². The van der Waals surface area contributed by atoms with Gasteiger partial charge in [0.05, 0.1) is 0 Å². The number of ether oxygens (including phenoxy) is 2. The zero-order chi connectivity index (χ0) is 25.6. The van der Waals surface area contributed by atoms with Crippen LogP contribution in [0.4, 0.5) is 0 Å². The third-order valence-electron chi connectivity index (χ3n) is 6.42. The summed E-state index contributed by atoms with van der Waals surface area (Å²) in [7, 11) is 0. The van der Waals surface area contributed by atoms with Gasteiger partial charge in [-0.05, 0) is 52.5 Å². The Labute approximate surface area is 207 Å². The Hall–Kier alpha value is -3.60. The smallest absolute Gasteiger partial charge is 0.342 e. The number of benzene rings is 3. The molecule has 35 heavy (non-hydrogen) atoms. The minimum Gasteiger partial charge on any atom is -0.507 e. The third-order valence-corrected chi connectivity index (χ3v) is 6.42. The van der Waals surface area contributed by atoms with Crippen molar-refractivity contribution in [1.29, 1.82) is 0 Å². The van der Waals surface area contributed by atoms with Gasteiger partial charge in [0.15, 0.2) is 0 Å². The van der Waals surface area contributed by atoms with Crippen LogP contribution in [0.5, 0.6) is 11.5 Å². The molecule has 0 unspecified atom stereocenters. The van der Waals surface area contributed by atoms with Crippen molar-refractivity contribution in [3.63, 3.8) is 0 Å². The first-order valence-electron chi connectivity index (χ1n) is 11.8. The fourth-order valence-corrected chi connectivity index (χ4v) is 4.27. The number of hydrogen-bond acceptors (Lipinski definition) is 5. The number of fused-ring (bicyclic) bond motifs is 1. The van der Waals surface area contributed by atoms with Crippen LogP contribution in [0.25, 0.3) is 0 Å². The van der Waals surface area contributed by atoms with E-state index in [0.717, 1.165) is 5.56 Å². The number of carbonyl (C=O) groups excluding carboxylic acids is 2. The number of carbonyl (C=O) groups is 2. The Balaban J connectivity index is 0.000000211. The second-order valence-corrected chi connectivity index (χ2v) is 10.1. The van der Waals surface area contributed by atoms with E-state index in [1.165, 1.54) is 38.0 Å². The molecule has 0 heterocycles. The van der Waals surface area contributed by atoms with Gasteiger partial charge in [0.25, 0.3) is 0 Å². The predicted octanol–water partition coefficient (Wildman–Crippen LogP) is 6.71. The van der Waals surface area contributed by atoms with Gasteiger partial charge in [-0.15, -0.1) is 0 Å². The largest absolute Gasteiger partial charge is 0.507 e. The summed E-state index contributed by atoms with van der Waals surface area (Å²) in [5.41, 5.74) is 4.70. The molecular weight excluding hydrogens is 440 g/mol. The molecule has 0 saturated heterocycles. The second kappa shape index (κ2) is 10.8. The molecule has 0 atom stereocenters. The zero-order valence-corrected chi connectivity index (χ0v) is 21.1. The minimum atomic E-state index is -0.647. The highest BCUT2D eigenvalue weighted by Crippen LogP contribution is 2.45. The first-order valence-corrected chi connectivity index (χ1v) is 11.8. The number of phenols is 1. The third kappa shape index (κ3) is 6.72. The maximum Gasteiger partial charge on any atom is 0.342 e. The van der Waals surface area contributed by atoms with Crippen molar-refractivity contribution in [1.82, 2.24) is 0 Å². The highest BCUT2D eigenvalue weighted by molar-refractivity contribution is 5.92. The van der Waals surface area contributed by atoms with Crippen LogP contribution in [-0.4, -0.2) is 17.0 Å². The van der Waals surface area contributed by atoms with Gasteiger partial charge in [0, 0.05) is 13.0 Å². The van der Waals surface area contributed by atoms with Crippen LogP contribution >= 0.6 is 0 Å². The Bertz CT molecular complexity index is 1140. The average Bonchev–Trinajstić information content (AvgIpc) is 2.82. The SMILES string of the molecule is CC(=O)Oc1ccc(C(=O)OCc2ccccc2)c(O)c1.CC1(C)CCC(C)(C)c2ccccc21. The van der Waals surface area contributed by atoms with Gasteiger partial charge in [0.2, 0.25) is 0 Å². The summed E-state index contributed by atoms with van der Waals surface area (Å²) >= 11 is 0. The highest BCUT2D eigenvalue weighted by Gasteiger charge is 2.36. The molecular formula is C30H34O5. The van der Waals surface area contributed by atoms with Crippen molar-refractivity contribution in [3.05, 3.63) is 95.1 Å². The summed E-state index contributed by atoms with van der Waals surface area (Å²) in [5, 5.41) is 9.78. The molecule has 5 heteroatoms. The van der Waals surface area contributed by atoms with Gasteiger partial charge >= 0.3 is 11.9 Å². The Morgan fingerprint density at radius 3 is 1.89 bits per heavy atom. The molecule has 0 aromatic heterocycles. The van der Waals surface area contributed by atoms with E-state index in [0.29, 0.717) is 10.8 Å². The van der Waals surface area contributed by atoms with Gasteiger partial charge in [-0.2, -0.15) is 0 Å². The summed E-state index contributed by atoms with van der Waals surface area (Å²) in [6.45, 7) is 10.8. The fourth-order valence-electron chi connectivity index (χ4n) is 4.27. The normalized spacial score (nSPS) is 15.1. The van der Waals surface area contributed by atoms with Gasteiger partial charge < -0.3 is 14.6 Å². The van der Waals surface area contributed by atoms with E-state index >= 15 is 0 Å². The van der Waals surface area contributed by atoms with Crippen molar-refractivity contribution < 1.29 is 24.2 Å². The molecule has 1 N–H and O–H groups in total. The first-order chi connectivity index (χ1) is 16.5. The van der Waals surface area contributed by atoms with Gasteiger partial charge in [-0.3, -0.25) is 4.79 Å². The molecule has 0 radical (unpaired) electrons. The van der Waals surface area contributed by atoms with Crippen LogP contribution in [0.3, 0.4) is 0 Å². The van der Waals surface area contributed by atoms with Crippen LogP contribution in [-0.2, 0) is 27.0 Å². The topological polar surface area (TPSA) is 72.8 Å². The lowest BCUT2D eigenvalue weighted by Gasteiger charge is -2.41. The Kier molecular flexibility index (Phi) is 8.00. The fraction of sp³-hybridized carbons (Fsp3) is 0.333. The summed E-state index contributed by atoms with van der Waals surface area (Å²) in [6.07, 6.45) is 2.61. The van der Waals surface area contributed by atoms with Crippen molar-refractivity contribution in [2.75, 3.05) is 0 Å². The predicted molar refractivity (Wildman–Crippen MR) is 137 cm³/mol. The van der Waals surface area contributed by atoms with Crippen LogP contribution in [0.15, 0.2) is 72.8 Å². The molecule has 0 saturated carbocycles. The molecule has 0 fully saturated rings. The van der Waals surface area contributed by atoms with Crippen molar-refractivity contribution in [3.8, 4) is 11.5 Å². The molecule has 4 rings (SSSR count). The molecule has 0 bridgehead atoms. The van der Waals surface area contributed by atoms with E-state index in [-0.39, 0.29) is 23.7 Å². The first kappa shape index (κ1) is 26.0. The highest BCUT2D eigenvalue weighted by atomic mass is 16.5. The van der Waals surface area contributed by atoms with Crippen molar-refractivity contribution >= 4 is 11.9 Å². The van der Waals surface area contributed by atoms with E-state index in [9.17, 15) is 14.7 Å². The van der Waals surface area contributed by atoms with Crippen LogP contribution < -0.4 is 4.74 Å². The summed E-state index contributed by atoms with van der Waals surface area (Å²) in [4.78, 5) is 22.7. The number of hydrogen-bond donors (Lipinski definition) is 1. The Morgan fingerprint density at radius 1 is 0.829 bits per heavy atom. The lowest BCUT2D eigenvalue weighted by molar-refractivity contribution is -0.131. The lowest BCUT2D eigenvalue weighted by Crippen LogP contribution is -2.33. The summed E-state index contributed by atoms with van der Waals surface area (Å²) in [6, 6.07) is 22.1. The number of rotatable bonds is 4. The van der Waals surface area contributed by atoms with Gasteiger partial charge in [-0.1, -0.05) is 82.3 Å². The molecule has 3 aromatic carbocycles. The van der Waals surface area contributed by atoms with Crippen molar-refractivity contribution in [2.45, 2.75) is 64.9 Å². The Morgan fingerprint density at radius 2 is 1.37 bits per heavy atom. The lowest BCUT2D eigenvalue weighted by atomic mass is 9.63. The number of aromatic hydroxyl groups is 1. The second-order valence-electron chi connectivity index (χ2n) is 10.1. The van der Waals surface area contributed by atoms with Crippen LogP contribution in [0, 0.1) is 0 Å². The maximum atomic E-state index is 11.9. The number of phenolic OH excluding ortho intramolecular Hbond substituents is 1. The molecule has 1 aliphatic carbocycles. The van der Waals surface area contributed by atoms with E-state index in [2.05, 4.69) is 52.0 Å². The van der Waals surface area contributed by atoms with E-state index in [1.54, 1.807) is 11.1 Å². The quantitative estimate of drug-likeness (QED) is 0.336. The van der Waals surface area contributed by atoms with E-state index < -0.39 is 11.9 Å². The summed E-state index contributed by atoms with van der Waals surface area (Å²) < 4.78 is 9.92. The van der Waals surface area contributed by atoms with Crippen LogP contribution in [0.1, 0.15) is 74.5 Å². The van der Waals surface area contributed by atoms with Crippen molar-refractivity contribution in [2.24, 2.45) is 0 Å². The van der Waals surface area contributed by atoms with Gasteiger partial charge in [0.1, 0.15) is 23.7 Å². The van der Waals surface area contributed by atoms with Gasteiger partial charge in [-0.25, -0.2) is 4.79 Å². The average molecular weight is 475 g/mol. The molecule has 1 aliphatic rings. The standard InChI is InChI=1S/C16H14O5.C14H20/c1-11(17)21-13-7-8-14(15(18)9-13)16(19)20-10-12-5-3-2-4-6-12;1-13(2)9-10-14(3,4)12-8-6-5-7-11(12)13/h2-9,18H,10H2,1H3;5-8H,9-10H2,1-4H3. The molecule has 3 aromatic rings. The number of esters is 2.